The van der Waals surface area contributed by atoms with E-state index in [1.54, 1.807) is 0 Å². The van der Waals surface area contributed by atoms with Gasteiger partial charge in [-0.25, -0.2) is 0 Å². The molecule has 0 radical (unpaired) electrons. The molecule has 92 valence electrons. The van der Waals surface area contributed by atoms with Crippen molar-refractivity contribution in [3.8, 4) is 0 Å². The molecule has 0 N–H and O–H groups in total. The predicted octanol–water partition coefficient (Wildman–Crippen LogP) is 2.25. The fourth-order valence-corrected chi connectivity index (χ4v) is 2.13. The maximum atomic E-state index is 12.4. The van der Waals surface area contributed by atoms with Gasteiger partial charge in [-0.15, -0.1) is 0 Å². The minimum atomic E-state index is 0.129. The number of carbonyl (C=O) groups excluding carboxylic acids is 1. The first-order valence-electron chi connectivity index (χ1n) is 6.19. The molecule has 0 bridgehead atoms. The molecule has 0 aliphatic carbocycles. The lowest BCUT2D eigenvalue weighted by Crippen LogP contribution is -2.45. The Balaban J connectivity index is 2.12. The summed E-state index contributed by atoms with van der Waals surface area (Å²) >= 11 is 0. The van der Waals surface area contributed by atoms with Crippen molar-refractivity contribution in [2.75, 3.05) is 19.7 Å². The zero-order valence-electron chi connectivity index (χ0n) is 10.5. The minimum absolute atomic E-state index is 0.129. The van der Waals surface area contributed by atoms with Gasteiger partial charge in [-0.1, -0.05) is 25.1 Å². The van der Waals surface area contributed by atoms with E-state index in [9.17, 15) is 4.79 Å². The number of ether oxygens (including phenoxy) is 1. The van der Waals surface area contributed by atoms with Crippen molar-refractivity contribution in [3.05, 3.63) is 35.4 Å². The van der Waals surface area contributed by atoms with E-state index in [0.29, 0.717) is 19.7 Å². The van der Waals surface area contributed by atoms with Gasteiger partial charge in [-0.05, 0) is 25.0 Å². The van der Waals surface area contributed by atoms with Crippen LogP contribution in [0.1, 0.15) is 29.3 Å². The van der Waals surface area contributed by atoms with E-state index in [0.717, 1.165) is 17.5 Å². The van der Waals surface area contributed by atoms with Crippen molar-refractivity contribution >= 4 is 5.91 Å². The normalized spacial score (nSPS) is 20.4. The van der Waals surface area contributed by atoms with E-state index >= 15 is 0 Å². The summed E-state index contributed by atoms with van der Waals surface area (Å²) in [6, 6.07) is 7.75. The molecule has 1 atom stereocenters. The molecule has 1 fully saturated rings. The van der Waals surface area contributed by atoms with Gasteiger partial charge in [0, 0.05) is 18.7 Å². The van der Waals surface area contributed by atoms with Gasteiger partial charge in [0.15, 0.2) is 0 Å². The Morgan fingerprint density at radius 3 is 2.94 bits per heavy atom. The number of nitrogens with zero attached hydrogens (tertiary/aromatic N) is 1. The quantitative estimate of drug-likeness (QED) is 0.784. The molecule has 1 unspecified atom stereocenters. The summed E-state index contributed by atoms with van der Waals surface area (Å²) in [5.74, 6) is 0.129. The number of morpholine rings is 1. The van der Waals surface area contributed by atoms with E-state index in [2.05, 4.69) is 6.92 Å². The average Bonchev–Trinajstić information content (AvgIpc) is 2.38. The van der Waals surface area contributed by atoms with Crippen LogP contribution in [0.5, 0.6) is 0 Å². The predicted molar refractivity (Wildman–Crippen MR) is 67.1 cm³/mol. The van der Waals surface area contributed by atoms with Crippen LogP contribution in [-0.2, 0) is 4.74 Å². The van der Waals surface area contributed by atoms with Gasteiger partial charge < -0.3 is 9.64 Å². The molecule has 3 heteroatoms. The zero-order chi connectivity index (χ0) is 12.3. The number of benzene rings is 1. The molecule has 1 aliphatic heterocycles. The van der Waals surface area contributed by atoms with Gasteiger partial charge in [0.25, 0.3) is 5.91 Å². The Bertz CT molecular complexity index is 403. The molecule has 1 aromatic rings. The topological polar surface area (TPSA) is 29.5 Å². The van der Waals surface area contributed by atoms with Gasteiger partial charge in [-0.3, -0.25) is 4.79 Å². The highest BCUT2D eigenvalue weighted by Gasteiger charge is 2.24. The molecule has 1 heterocycles. The fraction of sp³-hybridized carbons (Fsp3) is 0.500. The van der Waals surface area contributed by atoms with Crippen LogP contribution in [-0.4, -0.2) is 36.6 Å². The molecule has 0 spiro atoms. The van der Waals surface area contributed by atoms with E-state index in [1.807, 2.05) is 36.1 Å². The van der Waals surface area contributed by atoms with Crippen LogP contribution >= 0.6 is 0 Å². The van der Waals surface area contributed by atoms with Crippen LogP contribution in [0.15, 0.2) is 24.3 Å². The number of hydrogen-bond acceptors (Lipinski definition) is 2. The third-order valence-corrected chi connectivity index (χ3v) is 3.26. The van der Waals surface area contributed by atoms with E-state index in [1.165, 1.54) is 0 Å². The lowest BCUT2D eigenvalue weighted by Gasteiger charge is -2.32. The van der Waals surface area contributed by atoms with Crippen LogP contribution < -0.4 is 0 Å². The Kier molecular flexibility index (Phi) is 3.79. The lowest BCUT2D eigenvalue weighted by molar-refractivity contribution is -0.0226. The highest BCUT2D eigenvalue weighted by atomic mass is 16.5. The first-order valence-corrected chi connectivity index (χ1v) is 6.19. The summed E-state index contributed by atoms with van der Waals surface area (Å²) in [5.41, 5.74) is 1.85. The molecule has 0 aromatic heterocycles. The summed E-state index contributed by atoms with van der Waals surface area (Å²) < 4.78 is 5.58. The third-order valence-electron chi connectivity index (χ3n) is 3.26. The van der Waals surface area contributed by atoms with Crippen molar-refractivity contribution in [3.63, 3.8) is 0 Å². The number of aryl methyl sites for hydroxylation is 1. The summed E-state index contributed by atoms with van der Waals surface area (Å²) in [6.45, 7) is 6.13. The average molecular weight is 233 g/mol. The highest BCUT2D eigenvalue weighted by molar-refractivity contribution is 5.95. The molecular formula is C14H19NO2. The number of carbonyl (C=O) groups is 1. The number of rotatable bonds is 2. The molecule has 1 aliphatic rings. The van der Waals surface area contributed by atoms with Crippen LogP contribution in [0.3, 0.4) is 0 Å². The first-order chi connectivity index (χ1) is 8.22. The number of hydrogen-bond donors (Lipinski definition) is 0. The monoisotopic (exact) mass is 233 g/mol. The Hall–Kier alpha value is -1.35. The molecule has 0 saturated carbocycles. The lowest BCUT2D eigenvalue weighted by atomic mass is 10.1. The molecule has 1 aromatic carbocycles. The van der Waals surface area contributed by atoms with E-state index < -0.39 is 0 Å². The number of amides is 1. The van der Waals surface area contributed by atoms with Crippen LogP contribution in [0.4, 0.5) is 0 Å². The fourth-order valence-electron chi connectivity index (χ4n) is 2.13. The zero-order valence-corrected chi connectivity index (χ0v) is 10.5. The standard InChI is InChI=1S/C14H19NO2/c1-3-12-10-15(8-9-17-12)14(16)13-7-5-4-6-11(13)2/h4-7,12H,3,8-10H2,1-2H3. The first kappa shape index (κ1) is 12.1. The Morgan fingerprint density at radius 2 is 2.24 bits per heavy atom. The minimum Gasteiger partial charge on any atom is -0.375 e. The van der Waals surface area contributed by atoms with Crippen LogP contribution in [0.2, 0.25) is 0 Å². The van der Waals surface area contributed by atoms with Crippen LogP contribution in [0.25, 0.3) is 0 Å². The van der Waals surface area contributed by atoms with Gasteiger partial charge in [0.1, 0.15) is 0 Å². The third kappa shape index (κ3) is 2.67. The summed E-state index contributed by atoms with van der Waals surface area (Å²) in [5, 5.41) is 0. The molecule has 2 rings (SSSR count). The second kappa shape index (κ2) is 5.32. The van der Waals surface area contributed by atoms with E-state index in [-0.39, 0.29) is 12.0 Å². The molecule has 1 amide bonds. The van der Waals surface area contributed by atoms with Crippen molar-refractivity contribution in [2.45, 2.75) is 26.4 Å². The van der Waals surface area contributed by atoms with Crippen molar-refractivity contribution < 1.29 is 9.53 Å². The molecule has 3 nitrogen and oxygen atoms in total. The smallest absolute Gasteiger partial charge is 0.254 e. The van der Waals surface area contributed by atoms with Gasteiger partial charge in [0.2, 0.25) is 0 Å². The van der Waals surface area contributed by atoms with Crippen LogP contribution in [0, 0.1) is 6.92 Å². The second-order valence-corrected chi connectivity index (χ2v) is 4.47. The summed E-state index contributed by atoms with van der Waals surface area (Å²) in [4.78, 5) is 14.3. The summed E-state index contributed by atoms with van der Waals surface area (Å²) in [7, 11) is 0. The SMILES string of the molecule is CCC1CN(C(=O)c2ccccc2C)CCO1. The molecule has 17 heavy (non-hydrogen) atoms. The second-order valence-electron chi connectivity index (χ2n) is 4.47. The Labute approximate surface area is 102 Å². The van der Waals surface area contributed by atoms with Gasteiger partial charge in [-0.2, -0.15) is 0 Å². The van der Waals surface area contributed by atoms with Gasteiger partial charge >= 0.3 is 0 Å². The summed E-state index contributed by atoms with van der Waals surface area (Å²) in [6.07, 6.45) is 1.15. The van der Waals surface area contributed by atoms with Crippen molar-refractivity contribution in [1.29, 1.82) is 0 Å². The van der Waals surface area contributed by atoms with Gasteiger partial charge in [0.05, 0.1) is 12.7 Å². The highest BCUT2D eigenvalue weighted by Crippen LogP contribution is 2.14. The molecular weight excluding hydrogens is 214 g/mol. The van der Waals surface area contributed by atoms with E-state index in [4.69, 9.17) is 4.74 Å². The molecule has 1 saturated heterocycles. The van der Waals surface area contributed by atoms with Crippen molar-refractivity contribution in [2.24, 2.45) is 0 Å². The maximum absolute atomic E-state index is 12.4. The Morgan fingerprint density at radius 1 is 1.47 bits per heavy atom. The maximum Gasteiger partial charge on any atom is 0.254 e. The van der Waals surface area contributed by atoms with Crippen molar-refractivity contribution in [1.82, 2.24) is 4.90 Å². The largest absolute Gasteiger partial charge is 0.375 e.